The molecular weight excluding hydrogens is 228 g/mol. The monoisotopic (exact) mass is 248 g/mol. The van der Waals surface area contributed by atoms with Gasteiger partial charge in [-0.1, -0.05) is 25.0 Å². The lowest BCUT2D eigenvalue weighted by Gasteiger charge is -2.28. The summed E-state index contributed by atoms with van der Waals surface area (Å²) in [7, 11) is 0. The minimum atomic E-state index is -0.436. The predicted octanol–water partition coefficient (Wildman–Crippen LogP) is 1.61. The predicted molar refractivity (Wildman–Crippen MR) is 71.3 cm³/mol. The maximum absolute atomic E-state index is 12.1. The first kappa shape index (κ1) is 12.9. The molecule has 18 heavy (non-hydrogen) atoms. The molecule has 1 aliphatic rings. The summed E-state index contributed by atoms with van der Waals surface area (Å²) in [4.78, 5) is 12.1. The zero-order chi connectivity index (χ0) is 13.1. The van der Waals surface area contributed by atoms with Crippen LogP contribution in [0.5, 0.6) is 0 Å². The number of hydrogen-bond donors (Lipinski definition) is 3. The zero-order valence-electron chi connectivity index (χ0n) is 10.6. The Morgan fingerprint density at radius 2 is 2.11 bits per heavy atom. The van der Waals surface area contributed by atoms with Gasteiger partial charge >= 0.3 is 0 Å². The maximum Gasteiger partial charge on any atom is 0.253 e. The summed E-state index contributed by atoms with van der Waals surface area (Å²) in [5.74, 6) is -0.192. The minimum absolute atomic E-state index is 0.147. The van der Waals surface area contributed by atoms with Gasteiger partial charge in [-0.2, -0.15) is 0 Å². The van der Waals surface area contributed by atoms with E-state index in [9.17, 15) is 9.90 Å². The molecule has 1 fully saturated rings. The molecule has 1 aromatic rings. The van der Waals surface area contributed by atoms with E-state index < -0.39 is 6.10 Å². The summed E-state index contributed by atoms with van der Waals surface area (Å²) in [6, 6.07) is 5.26. The van der Waals surface area contributed by atoms with Gasteiger partial charge in [0.25, 0.3) is 5.91 Å². The van der Waals surface area contributed by atoms with E-state index in [1.54, 1.807) is 6.07 Å². The van der Waals surface area contributed by atoms with E-state index in [0.29, 0.717) is 11.3 Å². The van der Waals surface area contributed by atoms with E-state index in [-0.39, 0.29) is 11.9 Å². The van der Waals surface area contributed by atoms with Crippen molar-refractivity contribution in [1.29, 1.82) is 0 Å². The van der Waals surface area contributed by atoms with Crippen LogP contribution in [0.2, 0.25) is 0 Å². The molecule has 0 saturated heterocycles. The van der Waals surface area contributed by atoms with Crippen LogP contribution in [-0.2, 0) is 0 Å². The topological polar surface area (TPSA) is 75.3 Å². The SMILES string of the molecule is Cc1cccc(C(=O)N[C@@H]2CCCC[C@H]2O)c1N. The summed E-state index contributed by atoms with van der Waals surface area (Å²) in [6.45, 7) is 1.88. The molecule has 0 radical (unpaired) electrons. The molecule has 98 valence electrons. The lowest BCUT2D eigenvalue weighted by atomic mass is 9.92. The Morgan fingerprint density at radius 1 is 1.39 bits per heavy atom. The van der Waals surface area contributed by atoms with E-state index in [4.69, 9.17) is 5.73 Å². The van der Waals surface area contributed by atoms with Crippen molar-refractivity contribution in [2.45, 2.75) is 44.8 Å². The molecule has 0 aliphatic heterocycles. The first-order chi connectivity index (χ1) is 8.59. The number of nitrogens with one attached hydrogen (secondary N) is 1. The number of rotatable bonds is 2. The quantitative estimate of drug-likeness (QED) is 0.696. The van der Waals surface area contributed by atoms with Gasteiger partial charge in [-0.25, -0.2) is 0 Å². The largest absolute Gasteiger partial charge is 0.398 e. The van der Waals surface area contributed by atoms with Crippen molar-refractivity contribution in [3.63, 3.8) is 0 Å². The van der Waals surface area contributed by atoms with E-state index >= 15 is 0 Å². The number of benzene rings is 1. The van der Waals surface area contributed by atoms with E-state index in [1.807, 2.05) is 19.1 Å². The van der Waals surface area contributed by atoms with Gasteiger partial charge in [-0.05, 0) is 31.4 Å². The van der Waals surface area contributed by atoms with Gasteiger partial charge in [0.15, 0.2) is 0 Å². The van der Waals surface area contributed by atoms with Gasteiger partial charge in [-0.15, -0.1) is 0 Å². The zero-order valence-corrected chi connectivity index (χ0v) is 10.6. The molecule has 1 amide bonds. The summed E-state index contributed by atoms with van der Waals surface area (Å²) in [6.07, 6.45) is 3.23. The molecule has 0 aromatic heterocycles. The Morgan fingerprint density at radius 3 is 2.83 bits per heavy atom. The van der Waals surface area contributed by atoms with Gasteiger partial charge in [0.2, 0.25) is 0 Å². The van der Waals surface area contributed by atoms with Gasteiger partial charge in [-0.3, -0.25) is 4.79 Å². The Bertz CT molecular complexity index is 445. The van der Waals surface area contributed by atoms with Crippen LogP contribution in [-0.4, -0.2) is 23.2 Å². The number of hydrogen-bond acceptors (Lipinski definition) is 3. The molecule has 2 rings (SSSR count). The smallest absolute Gasteiger partial charge is 0.253 e. The number of aliphatic hydroxyl groups excluding tert-OH is 1. The van der Waals surface area contributed by atoms with Gasteiger partial charge in [0, 0.05) is 5.69 Å². The van der Waals surface area contributed by atoms with Crippen LogP contribution in [0.4, 0.5) is 5.69 Å². The second kappa shape index (κ2) is 5.40. The fourth-order valence-electron chi connectivity index (χ4n) is 2.40. The highest BCUT2D eigenvalue weighted by molar-refractivity contribution is 5.99. The fourth-order valence-corrected chi connectivity index (χ4v) is 2.40. The molecule has 1 aromatic carbocycles. The molecule has 2 atom stereocenters. The van der Waals surface area contributed by atoms with E-state index in [0.717, 1.165) is 31.2 Å². The van der Waals surface area contributed by atoms with E-state index in [1.165, 1.54) is 0 Å². The molecule has 4 N–H and O–H groups in total. The summed E-state index contributed by atoms with van der Waals surface area (Å²) in [5.41, 5.74) is 7.80. The fraction of sp³-hybridized carbons (Fsp3) is 0.500. The van der Waals surface area contributed by atoms with Crippen molar-refractivity contribution in [3.05, 3.63) is 29.3 Å². The third kappa shape index (κ3) is 2.64. The van der Waals surface area contributed by atoms with Crippen LogP contribution < -0.4 is 11.1 Å². The van der Waals surface area contributed by atoms with Crippen molar-refractivity contribution < 1.29 is 9.90 Å². The lowest BCUT2D eigenvalue weighted by molar-refractivity contribution is 0.0718. The average molecular weight is 248 g/mol. The van der Waals surface area contributed by atoms with Crippen molar-refractivity contribution in [1.82, 2.24) is 5.32 Å². The standard InChI is InChI=1S/C14H20N2O2/c1-9-5-4-6-10(13(9)15)14(18)16-11-7-2-3-8-12(11)17/h4-6,11-12,17H,2-3,7-8,15H2,1H3,(H,16,18)/t11-,12-/m1/s1. The second-order valence-corrected chi connectivity index (χ2v) is 4.97. The lowest BCUT2D eigenvalue weighted by Crippen LogP contribution is -2.45. The molecule has 1 aliphatic carbocycles. The van der Waals surface area contributed by atoms with E-state index in [2.05, 4.69) is 5.32 Å². The van der Waals surface area contributed by atoms with Crippen molar-refractivity contribution in [3.8, 4) is 0 Å². The Balaban J connectivity index is 2.09. The maximum atomic E-state index is 12.1. The molecule has 0 spiro atoms. The molecule has 4 heteroatoms. The summed E-state index contributed by atoms with van der Waals surface area (Å²) >= 11 is 0. The second-order valence-electron chi connectivity index (χ2n) is 4.97. The molecular formula is C14H20N2O2. The molecule has 1 saturated carbocycles. The number of carbonyl (C=O) groups excluding carboxylic acids is 1. The van der Waals surface area contributed by atoms with Crippen molar-refractivity contribution >= 4 is 11.6 Å². The van der Waals surface area contributed by atoms with Crippen molar-refractivity contribution in [2.24, 2.45) is 0 Å². The highest BCUT2D eigenvalue weighted by atomic mass is 16.3. The highest BCUT2D eigenvalue weighted by Gasteiger charge is 2.25. The number of nitrogens with two attached hydrogens (primary N) is 1. The Kier molecular flexibility index (Phi) is 3.87. The average Bonchev–Trinajstić information content (AvgIpc) is 2.35. The van der Waals surface area contributed by atoms with Crippen LogP contribution >= 0.6 is 0 Å². The number of aryl methyl sites for hydroxylation is 1. The van der Waals surface area contributed by atoms with Crippen molar-refractivity contribution in [2.75, 3.05) is 5.73 Å². The van der Waals surface area contributed by atoms with Crippen LogP contribution in [0.25, 0.3) is 0 Å². The van der Waals surface area contributed by atoms with Gasteiger partial charge in [0.1, 0.15) is 0 Å². The number of amides is 1. The molecule has 0 bridgehead atoms. The first-order valence-electron chi connectivity index (χ1n) is 6.43. The number of nitrogen functional groups attached to an aromatic ring is 1. The number of anilines is 1. The molecule has 0 heterocycles. The number of aliphatic hydroxyl groups is 1. The highest BCUT2D eigenvalue weighted by Crippen LogP contribution is 2.20. The molecule has 4 nitrogen and oxygen atoms in total. The third-order valence-electron chi connectivity index (χ3n) is 3.61. The minimum Gasteiger partial charge on any atom is -0.398 e. The number of para-hydroxylation sites is 1. The Labute approximate surface area is 107 Å². The van der Waals surface area contributed by atoms with Gasteiger partial charge in [0.05, 0.1) is 17.7 Å². The molecule has 0 unspecified atom stereocenters. The van der Waals surface area contributed by atoms with Crippen LogP contribution in [0.15, 0.2) is 18.2 Å². The van der Waals surface area contributed by atoms with Crippen LogP contribution in [0.3, 0.4) is 0 Å². The van der Waals surface area contributed by atoms with Crippen LogP contribution in [0, 0.1) is 6.92 Å². The number of carbonyl (C=O) groups is 1. The summed E-state index contributed by atoms with van der Waals surface area (Å²) < 4.78 is 0. The first-order valence-corrected chi connectivity index (χ1v) is 6.43. The van der Waals surface area contributed by atoms with Crippen LogP contribution in [0.1, 0.15) is 41.6 Å². The Hall–Kier alpha value is -1.55. The third-order valence-corrected chi connectivity index (χ3v) is 3.61. The van der Waals surface area contributed by atoms with Gasteiger partial charge < -0.3 is 16.2 Å². The summed E-state index contributed by atoms with van der Waals surface area (Å²) in [5, 5.41) is 12.7. The normalized spacial score (nSPS) is 23.7.